The summed E-state index contributed by atoms with van der Waals surface area (Å²) in [4.78, 5) is 87.7. The number of benzene rings is 6. The molecule has 12 aromatic rings. The standard InChI is InChI=1S/2C25H21FN2O2.C16H12N2O3.C8H10FN/c2*1-3-12-28-23-14-18(24(29)13-16(2)17-4-7-19(26)8-5-17)6-9-21(23)20-10-11-27-15-22(20)25(28)30;1-2-7-18-14-8-10(16(20)21)3-4-12(14)11-5-6-17-9-13(11)15(18)19;1-6(10)7-2-4-8(9)5-3-7/h2*3-11,14-16H,1,12-13H2,2H3;2-6,8-9H,1,7H2,(H,20,21);2-6H,10H2,1H3/t2*16-;;6-/m00.1/s1. The second-order valence-electron chi connectivity index (χ2n) is 21.9. The summed E-state index contributed by atoms with van der Waals surface area (Å²) in [5, 5.41) is 15.7. The number of Topliss-reactive ketones (excluding diaryl/α,β-unsaturated/α-hetero) is 2. The van der Waals surface area contributed by atoms with Crippen LogP contribution in [0.1, 0.15) is 99.3 Å². The van der Waals surface area contributed by atoms with Crippen molar-refractivity contribution >= 4 is 82.6 Å². The van der Waals surface area contributed by atoms with Gasteiger partial charge in [0.2, 0.25) is 0 Å². The number of allylic oxidation sites excluding steroid dienone is 3. The van der Waals surface area contributed by atoms with Crippen LogP contribution in [0.5, 0.6) is 0 Å². The fourth-order valence-electron chi connectivity index (χ4n) is 10.9. The number of hydrogen-bond donors (Lipinski definition) is 2. The SMILES string of the molecule is C=CCn1c(=O)c2cnccc2c2ccc(C(=O)C[C@H](C)c3ccc(F)cc3)cc21.C=CCn1c(=O)c2cnccc2c2ccc(C(=O)C[C@H](C)c3ccc(F)cc3)cc21.C=CCn1c(=O)c2cnccc2c2ccc(C(=O)O)cc21.C[C@@H](N)c1ccc(F)cc1. The summed E-state index contributed by atoms with van der Waals surface area (Å²) >= 11 is 0. The van der Waals surface area contributed by atoms with Crippen LogP contribution in [0.2, 0.25) is 0 Å². The van der Waals surface area contributed by atoms with Gasteiger partial charge < -0.3 is 24.5 Å². The fourth-order valence-corrected chi connectivity index (χ4v) is 10.9. The highest BCUT2D eigenvalue weighted by Crippen LogP contribution is 2.30. The number of nitrogens with zero attached hydrogens (tertiary/aromatic N) is 6. The number of ketones is 2. The Bertz CT molecular complexity index is 4740. The number of nitrogens with two attached hydrogens (primary N) is 1. The molecule has 0 aliphatic carbocycles. The van der Waals surface area contributed by atoms with Crippen molar-refractivity contribution in [3.63, 3.8) is 0 Å². The molecule has 0 spiro atoms. The molecule has 0 fully saturated rings. The van der Waals surface area contributed by atoms with E-state index >= 15 is 0 Å². The van der Waals surface area contributed by atoms with Crippen molar-refractivity contribution in [2.45, 2.75) is 71.1 Å². The van der Waals surface area contributed by atoms with Gasteiger partial charge >= 0.3 is 5.97 Å². The van der Waals surface area contributed by atoms with Crippen LogP contribution in [0.25, 0.3) is 65.0 Å². The van der Waals surface area contributed by atoms with Crippen LogP contribution < -0.4 is 22.4 Å². The quantitative estimate of drug-likeness (QED) is 0.0529. The molecule has 0 aliphatic rings. The Labute approximate surface area is 521 Å². The fraction of sp³-hybridized carbons (Fsp3) is 0.149. The van der Waals surface area contributed by atoms with Gasteiger partial charge in [0.15, 0.2) is 11.6 Å². The lowest BCUT2D eigenvalue weighted by atomic mass is 9.92. The van der Waals surface area contributed by atoms with Crippen LogP contribution in [-0.4, -0.2) is 51.3 Å². The second-order valence-corrected chi connectivity index (χ2v) is 21.9. The van der Waals surface area contributed by atoms with Crippen molar-refractivity contribution in [2.75, 3.05) is 0 Å². The van der Waals surface area contributed by atoms with E-state index in [1.165, 1.54) is 59.3 Å². The molecule has 6 aromatic carbocycles. The molecule has 3 atom stereocenters. The zero-order valence-electron chi connectivity index (χ0n) is 50.2. The highest BCUT2D eigenvalue weighted by Gasteiger charge is 2.20. The van der Waals surface area contributed by atoms with Crippen LogP contribution in [0.15, 0.2) is 235 Å². The largest absolute Gasteiger partial charge is 0.478 e. The Morgan fingerprint density at radius 3 is 1.03 bits per heavy atom. The maximum Gasteiger partial charge on any atom is 0.335 e. The van der Waals surface area contributed by atoms with Crippen molar-refractivity contribution < 1.29 is 32.7 Å². The number of halogens is 3. The first-order chi connectivity index (χ1) is 43.8. The van der Waals surface area contributed by atoms with Gasteiger partial charge in [-0.3, -0.25) is 38.9 Å². The molecule has 3 N–H and O–H groups in total. The lowest BCUT2D eigenvalue weighted by Gasteiger charge is -2.14. The highest BCUT2D eigenvalue weighted by molar-refractivity contribution is 6.10. The summed E-state index contributed by atoms with van der Waals surface area (Å²) in [5.74, 6) is -1.99. The van der Waals surface area contributed by atoms with Gasteiger partial charge in [-0.1, -0.05) is 98.8 Å². The zero-order valence-corrected chi connectivity index (χ0v) is 50.2. The number of aromatic carboxylic acids is 1. The minimum Gasteiger partial charge on any atom is -0.478 e. The van der Waals surface area contributed by atoms with Crippen LogP contribution >= 0.6 is 0 Å². The van der Waals surface area contributed by atoms with Crippen LogP contribution in [0.4, 0.5) is 13.2 Å². The van der Waals surface area contributed by atoms with Crippen molar-refractivity contribution in [1.29, 1.82) is 0 Å². The number of hydrogen-bond acceptors (Lipinski definition) is 10. The van der Waals surface area contributed by atoms with Gasteiger partial charge in [0.05, 0.1) is 38.3 Å². The minimum atomic E-state index is -1.02. The van der Waals surface area contributed by atoms with Crippen LogP contribution in [0, 0.1) is 17.5 Å². The molecule has 0 saturated heterocycles. The Morgan fingerprint density at radius 2 is 0.736 bits per heavy atom. The molecule has 12 rings (SSSR count). The molecule has 0 amide bonds. The molecule has 0 unspecified atom stereocenters. The van der Waals surface area contributed by atoms with Gasteiger partial charge in [0.25, 0.3) is 16.7 Å². The van der Waals surface area contributed by atoms with E-state index in [0.29, 0.717) is 76.3 Å². The first-order valence-corrected chi connectivity index (χ1v) is 29.2. The highest BCUT2D eigenvalue weighted by atomic mass is 19.1. The maximum atomic E-state index is 13.2. The molecule has 0 bridgehead atoms. The third kappa shape index (κ3) is 14.4. The topological polar surface area (TPSA) is 202 Å². The Kier molecular flexibility index (Phi) is 20.4. The van der Waals surface area contributed by atoms with E-state index in [0.717, 1.165) is 49.0 Å². The van der Waals surface area contributed by atoms with E-state index in [2.05, 4.69) is 34.7 Å². The van der Waals surface area contributed by atoms with Gasteiger partial charge in [-0.05, 0) is 130 Å². The molecule has 6 heterocycles. The number of aromatic nitrogens is 6. The zero-order chi connectivity index (χ0) is 65.0. The number of carboxylic acids is 1. The third-order valence-electron chi connectivity index (χ3n) is 15.7. The minimum absolute atomic E-state index is 0.0133. The van der Waals surface area contributed by atoms with Crippen molar-refractivity contribution in [3.8, 4) is 0 Å². The van der Waals surface area contributed by atoms with E-state index in [1.807, 2.05) is 45.0 Å². The molecular formula is C74H64F3N7O7. The van der Waals surface area contributed by atoms with E-state index < -0.39 is 5.97 Å². The molecule has 17 heteroatoms. The lowest BCUT2D eigenvalue weighted by molar-refractivity contribution is 0.0696. The van der Waals surface area contributed by atoms with Crippen molar-refractivity contribution in [1.82, 2.24) is 28.7 Å². The van der Waals surface area contributed by atoms with E-state index in [9.17, 15) is 41.9 Å². The monoisotopic (exact) mass is 1220 g/mol. The first-order valence-electron chi connectivity index (χ1n) is 29.2. The molecule has 0 aliphatic heterocycles. The van der Waals surface area contributed by atoms with Crippen molar-refractivity contribution in [3.05, 3.63) is 303 Å². The average Bonchev–Trinajstić information content (AvgIpc) is 0.825. The Hall–Kier alpha value is -11.0. The van der Waals surface area contributed by atoms with Crippen molar-refractivity contribution in [2.24, 2.45) is 5.73 Å². The second kappa shape index (κ2) is 28.9. The van der Waals surface area contributed by atoms with Gasteiger partial charge in [0, 0.05) is 103 Å². The number of carbonyl (C=O) groups excluding carboxylic acids is 2. The third-order valence-corrected chi connectivity index (χ3v) is 15.7. The Morgan fingerprint density at radius 1 is 0.440 bits per heavy atom. The summed E-state index contributed by atoms with van der Waals surface area (Å²) in [6, 6.07) is 39.7. The number of carbonyl (C=O) groups is 3. The van der Waals surface area contributed by atoms with E-state index in [-0.39, 0.29) is 69.1 Å². The number of rotatable bonds is 16. The maximum absolute atomic E-state index is 13.2. The lowest BCUT2D eigenvalue weighted by Crippen LogP contribution is -2.20. The van der Waals surface area contributed by atoms with Gasteiger partial charge in [0.1, 0.15) is 17.5 Å². The van der Waals surface area contributed by atoms with Gasteiger partial charge in [-0.25, -0.2) is 18.0 Å². The molecule has 14 nitrogen and oxygen atoms in total. The number of pyridine rings is 6. The first kappa shape index (κ1) is 64.4. The molecule has 91 heavy (non-hydrogen) atoms. The molecular weight excluding hydrogens is 1160 g/mol. The summed E-state index contributed by atoms with van der Waals surface area (Å²) in [6.45, 7) is 17.9. The molecule has 458 valence electrons. The normalized spacial score (nSPS) is 12.0. The Balaban J connectivity index is 0.000000152. The van der Waals surface area contributed by atoms with Crippen LogP contribution in [0.3, 0.4) is 0 Å². The predicted octanol–water partition coefficient (Wildman–Crippen LogP) is 14.8. The summed E-state index contributed by atoms with van der Waals surface area (Å²) in [5.41, 5.74) is 11.0. The van der Waals surface area contributed by atoms with Gasteiger partial charge in [-0.2, -0.15) is 0 Å². The molecule has 0 radical (unpaired) electrons. The summed E-state index contributed by atoms with van der Waals surface area (Å²) in [6.07, 6.45) is 15.1. The summed E-state index contributed by atoms with van der Waals surface area (Å²) in [7, 11) is 0. The molecule has 6 aromatic heterocycles. The van der Waals surface area contributed by atoms with Gasteiger partial charge in [-0.15, -0.1) is 19.7 Å². The average molecular weight is 1220 g/mol. The number of fused-ring (bicyclic) bond motifs is 9. The van der Waals surface area contributed by atoms with Crippen LogP contribution in [-0.2, 0) is 19.6 Å². The number of carboxylic acid groups (broad SMARTS) is 1. The molecule has 0 saturated carbocycles. The summed E-state index contributed by atoms with van der Waals surface area (Å²) < 4.78 is 43.4. The van der Waals surface area contributed by atoms with E-state index in [1.54, 1.807) is 131 Å². The smallest absolute Gasteiger partial charge is 0.335 e. The van der Waals surface area contributed by atoms with E-state index in [4.69, 9.17) is 10.8 Å². The predicted molar refractivity (Wildman–Crippen MR) is 355 cm³/mol.